The number of carbonyl (C=O) groups is 1. The fourth-order valence-corrected chi connectivity index (χ4v) is 2.50. The van der Waals surface area contributed by atoms with E-state index in [2.05, 4.69) is 46.9 Å². The Morgan fingerprint density at radius 1 is 1.35 bits per heavy atom. The van der Waals surface area contributed by atoms with Crippen molar-refractivity contribution in [3.63, 3.8) is 0 Å². The van der Waals surface area contributed by atoms with Crippen LogP contribution in [0.15, 0.2) is 44.0 Å². The van der Waals surface area contributed by atoms with Crippen LogP contribution in [0, 0.1) is 0 Å². The number of halogens is 2. The summed E-state index contributed by atoms with van der Waals surface area (Å²) in [5, 5.41) is 6.46. The van der Waals surface area contributed by atoms with Gasteiger partial charge in [0, 0.05) is 15.0 Å². The third kappa shape index (κ3) is 3.17. The molecule has 0 fully saturated rings. The van der Waals surface area contributed by atoms with Crippen molar-refractivity contribution >= 4 is 37.8 Å². The molecule has 1 aromatic carbocycles. The molecule has 0 aliphatic heterocycles. The van der Waals surface area contributed by atoms with Crippen molar-refractivity contribution in [3.05, 3.63) is 50.7 Å². The lowest BCUT2D eigenvalue weighted by Crippen LogP contribution is -2.23. The van der Waals surface area contributed by atoms with Crippen molar-refractivity contribution in [2.75, 3.05) is 0 Å². The fourth-order valence-electron chi connectivity index (χ4n) is 1.27. The van der Waals surface area contributed by atoms with Gasteiger partial charge in [-0.3, -0.25) is 4.79 Å². The second-order valence-corrected chi connectivity index (χ2v) is 5.07. The molecule has 0 atom stereocenters. The van der Waals surface area contributed by atoms with Crippen LogP contribution in [0.1, 0.15) is 16.1 Å². The third-order valence-corrected chi connectivity index (χ3v) is 3.25. The molecule has 1 amide bonds. The summed E-state index contributed by atoms with van der Waals surface area (Å²) >= 11 is 6.67. The number of nitrogens with zero attached hydrogens (tertiary/aromatic N) is 1. The van der Waals surface area contributed by atoms with E-state index >= 15 is 0 Å². The summed E-state index contributed by atoms with van der Waals surface area (Å²) in [6, 6.07) is 7.09. The largest absolute Gasteiger partial charge is 0.364 e. The van der Waals surface area contributed by atoms with E-state index in [9.17, 15) is 4.79 Å². The van der Waals surface area contributed by atoms with Gasteiger partial charge < -0.3 is 9.84 Å². The van der Waals surface area contributed by atoms with Crippen molar-refractivity contribution in [1.29, 1.82) is 0 Å². The number of rotatable bonds is 3. The summed E-state index contributed by atoms with van der Waals surface area (Å²) in [7, 11) is 0. The van der Waals surface area contributed by atoms with Crippen molar-refractivity contribution in [1.82, 2.24) is 10.5 Å². The normalized spacial score (nSPS) is 10.2. The van der Waals surface area contributed by atoms with Crippen molar-refractivity contribution in [2.45, 2.75) is 6.54 Å². The molecule has 6 heteroatoms. The van der Waals surface area contributed by atoms with Crippen LogP contribution in [-0.4, -0.2) is 11.1 Å². The Kier molecular flexibility index (Phi) is 3.96. The van der Waals surface area contributed by atoms with Gasteiger partial charge in [0.15, 0.2) is 0 Å². The van der Waals surface area contributed by atoms with Gasteiger partial charge in [-0.15, -0.1) is 0 Å². The summed E-state index contributed by atoms with van der Waals surface area (Å²) in [5.74, 6) is -0.160. The molecule has 0 aliphatic rings. The first-order chi connectivity index (χ1) is 8.16. The van der Waals surface area contributed by atoms with Crippen LogP contribution in [0.25, 0.3) is 0 Å². The Hall–Kier alpha value is -1.14. The highest BCUT2D eigenvalue weighted by molar-refractivity contribution is 9.11. The first-order valence-corrected chi connectivity index (χ1v) is 6.38. The zero-order valence-corrected chi connectivity index (χ0v) is 11.8. The molecule has 88 valence electrons. The Morgan fingerprint density at radius 2 is 2.18 bits per heavy atom. The predicted octanol–water partition coefficient (Wildman–Crippen LogP) is 3.13. The molecule has 4 nitrogen and oxygen atoms in total. The minimum atomic E-state index is -0.160. The Bertz CT molecular complexity index is 526. The lowest BCUT2D eigenvalue weighted by molar-refractivity contribution is 0.0949. The molecule has 0 saturated heterocycles. The van der Waals surface area contributed by atoms with Crippen LogP contribution < -0.4 is 5.32 Å². The molecule has 1 aromatic heterocycles. The lowest BCUT2D eigenvalue weighted by atomic mass is 10.2. The molecule has 0 bridgehead atoms. The number of hydrogen-bond acceptors (Lipinski definition) is 3. The predicted molar refractivity (Wildman–Crippen MR) is 69.5 cm³/mol. The van der Waals surface area contributed by atoms with E-state index in [1.165, 1.54) is 6.26 Å². The van der Waals surface area contributed by atoms with Crippen LogP contribution >= 0.6 is 31.9 Å². The number of nitrogens with one attached hydrogen (secondary N) is 1. The summed E-state index contributed by atoms with van der Waals surface area (Å²) in [6.45, 7) is 0.345. The summed E-state index contributed by atoms with van der Waals surface area (Å²) < 4.78 is 6.33. The van der Waals surface area contributed by atoms with Gasteiger partial charge in [0.25, 0.3) is 5.91 Å². The molecule has 0 saturated carbocycles. The third-order valence-electron chi connectivity index (χ3n) is 2.10. The highest BCUT2D eigenvalue weighted by atomic mass is 79.9. The minimum Gasteiger partial charge on any atom is -0.364 e. The monoisotopic (exact) mass is 358 g/mol. The van der Waals surface area contributed by atoms with Crippen LogP contribution in [-0.2, 0) is 6.54 Å². The molecular formula is C11H8Br2N2O2. The van der Waals surface area contributed by atoms with Gasteiger partial charge in [-0.1, -0.05) is 21.1 Å². The minimum absolute atomic E-state index is 0.160. The quantitative estimate of drug-likeness (QED) is 0.915. The molecule has 0 unspecified atom stereocenters. The molecule has 2 aromatic rings. The number of hydrogen-bond donors (Lipinski definition) is 1. The fraction of sp³-hybridized carbons (Fsp3) is 0.0909. The van der Waals surface area contributed by atoms with E-state index < -0.39 is 0 Å². The van der Waals surface area contributed by atoms with E-state index in [-0.39, 0.29) is 5.91 Å². The molecular weight excluding hydrogens is 352 g/mol. The van der Waals surface area contributed by atoms with E-state index in [0.29, 0.717) is 17.8 Å². The van der Waals surface area contributed by atoms with E-state index in [1.54, 1.807) is 12.1 Å². The standard InChI is InChI=1S/C11H8Br2N2O2/c12-7-1-2-9(10(13)5-7)11(16)14-6-8-3-4-17-15-8/h1-5H,6H2,(H,14,16). The van der Waals surface area contributed by atoms with Gasteiger partial charge in [0.2, 0.25) is 0 Å². The highest BCUT2D eigenvalue weighted by Crippen LogP contribution is 2.21. The average molecular weight is 360 g/mol. The van der Waals surface area contributed by atoms with Crippen molar-refractivity contribution in [2.24, 2.45) is 0 Å². The zero-order chi connectivity index (χ0) is 12.3. The van der Waals surface area contributed by atoms with Crippen LogP contribution in [0.3, 0.4) is 0 Å². The van der Waals surface area contributed by atoms with Gasteiger partial charge in [-0.05, 0) is 34.1 Å². The Balaban J connectivity index is 2.04. The average Bonchev–Trinajstić information content (AvgIpc) is 2.78. The molecule has 0 spiro atoms. The smallest absolute Gasteiger partial charge is 0.252 e. The van der Waals surface area contributed by atoms with Crippen LogP contribution in [0.2, 0.25) is 0 Å². The number of aromatic nitrogens is 1. The topological polar surface area (TPSA) is 55.1 Å². The van der Waals surface area contributed by atoms with Gasteiger partial charge in [-0.2, -0.15) is 0 Å². The number of amides is 1. The van der Waals surface area contributed by atoms with Crippen molar-refractivity contribution in [3.8, 4) is 0 Å². The maximum Gasteiger partial charge on any atom is 0.252 e. The number of benzene rings is 1. The highest BCUT2D eigenvalue weighted by Gasteiger charge is 2.10. The van der Waals surface area contributed by atoms with Crippen LogP contribution in [0.4, 0.5) is 0 Å². The molecule has 1 heterocycles. The van der Waals surface area contributed by atoms with Crippen molar-refractivity contribution < 1.29 is 9.32 Å². The van der Waals surface area contributed by atoms with Gasteiger partial charge >= 0.3 is 0 Å². The first kappa shape index (κ1) is 12.3. The van der Waals surface area contributed by atoms with E-state index in [4.69, 9.17) is 0 Å². The second kappa shape index (κ2) is 5.46. The summed E-state index contributed by atoms with van der Waals surface area (Å²) in [4.78, 5) is 11.9. The Morgan fingerprint density at radius 3 is 2.82 bits per heavy atom. The first-order valence-electron chi connectivity index (χ1n) is 4.79. The SMILES string of the molecule is O=C(NCc1ccon1)c1ccc(Br)cc1Br. The molecule has 0 radical (unpaired) electrons. The zero-order valence-electron chi connectivity index (χ0n) is 8.61. The molecule has 2 rings (SSSR count). The number of carbonyl (C=O) groups excluding carboxylic acids is 1. The molecule has 1 N–H and O–H groups in total. The Labute approximate surface area is 115 Å². The summed E-state index contributed by atoms with van der Waals surface area (Å²) in [6.07, 6.45) is 1.47. The molecule has 17 heavy (non-hydrogen) atoms. The second-order valence-electron chi connectivity index (χ2n) is 3.30. The van der Waals surface area contributed by atoms with Gasteiger partial charge in [0.1, 0.15) is 12.0 Å². The van der Waals surface area contributed by atoms with E-state index in [1.807, 2.05) is 12.1 Å². The summed E-state index contributed by atoms with van der Waals surface area (Å²) in [5.41, 5.74) is 1.27. The lowest BCUT2D eigenvalue weighted by Gasteiger charge is -2.05. The van der Waals surface area contributed by atoms with E-state index in [0.717, 1.165) is 8.95 Å². The molecule has 0 aliphatic carbocycles. The van der Waals surface area contributed by atoms with Gasteiger partial charge in [-0.25, -0.2) is 0 Å². The maximum atomic E-state index is 11.9. The van der Waals surface area contributed by atoms with Crippen LogP contribution in [0.5, 0.6) is 0 Å². The van der Waals surface area contributed by atoms with Gasteiger partial charge in [0.05, 0.1) is 12.1 Å². The maximum absolute atomic E-state index is 11.9.